The molecule has 2 rings (SSSR count). The van der Waals surface area contributed by atoms with E-state index in [9.17, 15) is 0 Å². The maximum Gasteiger partial charge on any atom is 0.122 e. The highest BCUT2D eigenvalue weighted by Crippen LogP contribution is 2.22. The lowest BCUT2D eigenvalue weighted by molar-refractivity contribution is 0.314. The second kappa shape index (κ2) is 6.93. The summed E-state index contributed by atoms with van der Waals surface area (Å²) in [4.78, 5) is 6.47. The average Bonchev–Trinajstić information content (AvgIpc) is 2.42. The molecule has 20 heavy (non-hydrogen) atoms. The van der Waals surface area contributed by atoms with Gasteiger partial charge < -0.3 is 4.74 Å². The van der Waals surface area contributed by atoms with Gasteiger partial charge in [0.15, 0.2) is 0 Å². The molecule has 5 heteroatoms. The first-order valence-electron chi connectivity index (χ1n) is 6.20. The van der Waals surface area contributed by atoms with Gasteiger partial charge in [-0.15, -0.1) is 0 Å². The van der Waals surface area contributed by atoms with Crippen LogP contribution in [0.5, 0.6) is 5.75 Å². The standard InChI is InChI=1S/C15H16Cl2N2O/c1-19(9-11-3-4-12(16)7-15(11)17)10-13-8-14(20-2)5-6-18-13/h3-8H,9-10H2,1-2H3. The maximum atomic E-state index is 6.18. The Morgan fingerprint density at radius 1 is 1.15 bits per heavy atom. The first-order valence-corrected chi connectivity index (χ1v) is 6.95. The van der Waals surface area contributed by atoms with Crippen molar-refractivity contribution >= 4 is 23.2 Å². The number of hydrogen-bond donors (Lipinski definition) is 0. The lowest BCUT2D eigenvalue weighted by Gasteiger charge is -2.17. The van der Waals surface area contributed by atoms with E-state index >= 15 is 0 Å². The summed E-state index contributed by atoms with van der Waals surface area (Å²) in [5.41, 5.74) is 2.00. The zero-order valence-electron chi connectivity index (χ0n) is 11.4. The quantitative estimate of drug-likeness (QED) is 0.833. The number of ether oxygens (including phenoxy) is 1. The molecule has 0 saturated heterocycles. The molecule has 1 heterocycles. The fraction of sp³-hybridized carbons (Fsp3) is 0.267. The van der Waals surface area contributed by atoms with E-state index in [2.05, 4.69) is 9.88 Å². The second-order valence-electron chi connectivity index (χ2n) is 4.60. The molecule has 0 amide bonds. The summed E-state index contributed by atoms with van der Waals surface area (Å²) in [5.74, 6) is 0.813. The number of halogens is 2. The Bertz CT molecular complexity index is 590. The number of benzene rings is 1. The summed E-state index contributed by atoms with van der Waals surface area (Å²) >= 11 is 12.1. The van der Waals surface area contributed by atoms with Crippen molar-refractivity contribution in [3.63, 3.8) is 0 Å². The van der Waals surface area contributed by atoms with E-state index in [0.717, 1.165) is 30.1 Å². The van der Waals surface area contributed by atoms with Crippen molar-refractivity contribution < 1.29 is 4.74 Å². The molecule has 0 aliphatic carbocycles. The van der Waals surface area contributed by atoms with E-state index in [-0.39, 0.29) is 0 Å². The minimum atomic E-state index is 0.649. The number of aromatic nitrogens is 1. The van der Waals surface area contributed by atoms with Gasteiger partial charge in [0.1, 0.15) is 5.75 Å². The maximum absolute atomic E-state index is 6.18. The van der Waals surface area contributed by atoms with Crippen LogP contribution in [-0.4, -0.2) is 24.0 Å². The smallest absolute Gasteiger partial charge is 0.122 e. The number of rotatable bonds is 5. The second-order valence-corrected chi connectivity index (χ2v) is 5.44. The topological polar surface area (TPSA) is 25.4 Å². The van der Waals surface area contributed by atoms with Crippen LogP contribution in [0.15, 0.2) is 36.5 Å². The van der Waals surface area contributed by atoms with Gasteiger partial charge in [-0.3, -0.25) is 9.88 Å². The van der Waals surface area contributed by atoms with Crippen LogP contribution in [0.1, 0.15) is 11.3 Å². The Labute approximate surface area is 129 Å². The normalized spacial score (nSPS) is 10.8. The molecule has 0 atom stereocenters. The molecule has 0 N–H and O–H groups in total. The highest BCUT2D eigenvalue weighted by atomic mass is 35.5. The van der Waals surface area contributed by atoms with Gasteiger partial charge >= 0.3 is 0 Å². The van der Waals surface area contributed by atoms with E-state index in [0.29, 0.717) is 10.0 Å². The zero-order chi connectivity index (χ0) is 14.5. The SMILES string of the molecule is COc1ccnc(CN(C)Cc2ccc(Cl)cc2Cl)c1. The van der Waals surface area contributed by atoms with Gasteiger partial charge in [-0.25, -0.2) is 0 Å². The van der Waals surface area contributed by atoms with Gasteiger partial charge in [-0.1, -0.05) is 29.3 Å². The molecule has 0 saturated carbocycles. The third-order valence-corrected chi connectivity index (χ3v) is 3.50. The van der Waals surface area contributed by atoms with Crippen molar-refractivity contribution in [2.45, 2.75) is 13.1 Å². The predicted octanol–water partition coefficient (Wildman–Crippen LogP) is 4.03. The third-order valence-electron chi connectivity index (χ3n) is 2.91. The van der Waals surface area contributed by atoms with Crippen LogP contribution in [0.2, 0.25) is 10.0 Å². The van der Waals surface area contributed by atoms with E-state index in [1.807, 2.05) is 31.3 Å². The number of methoxy groups -OCH3 is 1. The lowest BCUT2D eigenvalue weighted by Crippen LogP contribution is -2.18. The van der Waals surface area contributed by atoms with Crippen LogP contribution in [0.3, 0.4) is 0 Å². The molecule has 2 aromatic rings. The Kier molecular flexibility index (Phi) is 5.24. The van der Waals surface area contributed by atoms with Crippen molar-refractivity contribution in [2.75, 3.05) is 14.2 Å². The van der Waals surface area contributed by atoms with Crippen LogP contribution in [-0.2, 0) is 13.1 Å². The summed E-state index contributed by atoms with van der Waals surface area (Å²) in [6, 6.07) is 9.32. The largest absolute Gasteiger partial charge is 0.497 e. The average molecular weight is 311 g/mol. The Hall–Kier alpha value is -1.29. The number of hydrogen-bond acceptors (Lipinski definition) is 3. The monoisotopic (exact) mass is 310 g/mol. The fourth-order valence-corrected chi connectivity index (χ4v) is 2.41. The fourth-order valence-electron chi connectivity index (χ4n) is 1.94. The van der Waals surface area contributed by atoms with Gasteiger partial charge in [0.05, 0.1) is 12.8 Å². The molecule has 1 aromatic heterocycles. The van der Waals surface area contributed by atoms with E-state index in [1.165, 1.54) is 0 Å². The number of nitrogens with zero attached hydrogens (tertiary/aromatic N) is 2. The lowest BCUT2D eigenvalue weighted by atomic mass is 10.2. The molecule has 0 fully saturated rings. The molecule has 0 aliphatic rings. The van der Waals surface area contributed by atoms with E-state index in [4.69, 9.17) is 27.9 Å². The molecule has 0 aliphatic heterocycles. The van der Waals surface area contributed by atoms with Gasteiger partial charge in [0.25, 0.3) is 0 Å². The van der Waals surface area contributed by atoms with Gasteiger partial charge in [-0.05, 0) is 30.8 Å². The van der Waals surface area contributed by atoms with Crippen LogP contribution >= 0.6 is 23.2 Å². The van der Waals surface area contributed by atoms with Gasteiger partial charge in [-0.2, -0.15) is 0 Å². The highest BCUT2D eigenvalue weighted by molar-refractivity contribution is 6.35. The predicted molar refractivity (Wildman–Crippen MR) is 82.4 cm³/mol. The molecule has 0 unspecified atom stereocenters. The number of pyridine rings is 1. The molecule has 3 nitrogen and oxygen atoms in total. The molecule has 0 spiro atoms. The molecule has 0 bridgehead atoms. The Morgan fingerprint density at radius 3 is 2.65 bits per heavy atom. The van der Waals surface area contributed by atoms with Crippen molar-refractivity contribution in [2.24, 2.45) is 0 Å². The van der Waals surface area contributed by atoms with Crippen molar-refractivity contribution in [1.82, 2.24) is 9.88 Å². The first kappa shape index (κ1) is 15.1. The summed E-state index contributed by atoms with van der Waals surface area (Å²) < 4.78 is 5.19. The molecule has 1 aromatic carbocycles. The van der Waals surface area contributed by atoms with Crippen LogP contribution < -0.4 is 4.74 Å². The Morgan fingerprint density at radius 2 is 1.95 bits per heavy atom. The molecular formula is C15H16Cl2N2O. The Balaban J connectivity index is 2.02. The minimum Gasteiger partial charge on any atom is -0.497 e. The zero-order valence-corrected chi connectivity index (χ0v) is 12.9. The minimum absolute atomic E-state index is 0.649. The molecular weight excluding hydrogens is 295 g/mol. The summed E-state index contributed by atoms with van der Waals surface area (Å²) in [6.07, 6.45) is 1.75. The van der Waals surface area contributed by atoms with Crippen molar-refractivity contribution in [3.8, 4) is 5.75 Å². The van der Waals surface area contributed by atoms with Crippen molar-refractivity contribution in [3.05, 3.63) is 57.8 Å². The van der Waals surface area contributed by atoms with Gasteiger partial charge in [0, 0.05) is 35.4 Å². The van der Waals surface area contributed by atoms with E-state index in [1.54, 1.807) is 19.4 Å². The highest BCUT2D eigenvalue weighted by Gasteiger charge is 2.07. The van der Waals surface area contributed by atoms with Crippen LogP contribution in [0.25, 0.3) is 0 Å². The summed E-state index contributed by atoms with van der Waals surface area (Å²) in [5, 5.41) is 1.33. The van der Waals surface area contributed by atoms with Crippen molar-refractivity contribution in [1.29, 1.82) is 0 Å². The van der Waals surface area contributed by atoms with Crippen LogP contribution in [0.4, 0.5) is 0 Å². The third kappa shape index (κ3) is 4.10. The van der Waals surface area contributed by atoms with Crippen LogP contribution in [0, 0.1) is 0 Å². The summed E-state index contributed by atoms with van der Waals surface area (Å²) in [7, 11) is 3.67. The van der Waals surface area contributed by atoms with E-state index < -0.39 is 0 Å². The molecule has 0 radical (unpaired) electrons. The van der Waals surface area contributed by atoms with Gasteiger partial charge in [0.2, 0.25) is 0 Å². The summed E-state index contributed by atoms with van der Waals surface area (Å²) in [6.45, 7) is 1.45. The molecule has 106 valence electrons. The first-order chi connectivity index (χ1) is 9.58.